The van der Waals surface area contributed by atoms with Crippen molar-refractivity contribution in [2.45, 2.75) is 25.9 Å². The Morgan fingerprint density at radius 2 is 1.69 bits per heavy atom. The van der Waals surface area contributed by atoms with E-state index in [-0.39, 0.29) is 12.1 Å². The molecule has 0 aromatic heterocycles. The number of benzene rings is 1. The number of hydrogen-bond donors (Lipinski definition) is 1. The van der Waals surface area contributed by atoms with Crippen LogP contribution in [0, 0.1) is 11.6 Å². The standard InChI is InChI=1S/C12H18F2N2/c1-8(2)16(3)12(7-15)9-4-10(13)6-11(14)5-9/h4-6,8,12H,7,15H2,1-3H3. The molecule has 0 saturated heterocycles. The van der Waals surface area contributed by atoms with E-state index in [0.717, 1.165) is 6.07 Å². The normalized spacial score (nSPS) is 13.5. The molecule has 2 nitrogen and oxygen atoms in total. The van der Waals surface area contributed by atoms with Gasteiger partial charge >= 0.3 is 0 Å². The van der Waals surface area contributed by atoms with Gasteiger partial charge in [0.15, 0.2) is 0 Å². The molecule has 0 amide bonds. The molecule has 1 aromatic rings. The summed E-state index contributed by atoms with van der Waals surface area (Å²) in [7, 11) is 1.89. The van der Waals surface area contributed by atoms with Crippen molar-refractivity contribution in [3.8, 4) is 0 Å². The van der Waals surface area contributed by atoms with E-state index in [9.17, 15) is 8.78 Å². The predicted octanol–water partition coefficient (Wildman–Crippen LogP) is 2.30. The Balaban J connectivity index is 3.03. The summed E-state index contributed by atoms with van der Waals surface area (Å²) in [6, 6.07) is 3.64. The highest BCUT2D eigenvalue weighted by Gasteiger charge is 2.19. The van der Waals surface area contributed by atoms with Gasteiger partial charge in [0.2, 0.25) is 0 Å². The van der Waals surface area contributed by atoms with Crippen LogP contribution in [-0.4, -0.2) is 24.5 Å². The monoisotopic (exact) mass is 228 g/mol. The van der Waals surface area contributed by atoms with E-state index in [1.165, 1.54) is 12.1 Å². The lowest BCUT2D eigenvalue weighted by Gasteiger charge is -2.30. The minimum absolute atomic E-state index is 0.162. The van der Waals surface area contributed by atoms with Crippen molar-refractivity contribution in [1.82, 2.24) is 4.90 Å². The number of nitrogens with two attached hydrogens (primary N) is 1. The van der Waals surface area contributed by atoms with Gasteiger partial charge < -0.3 is 5.73 Å². The highest BCUT2D eigenvalue weighted by molar-refractivity contribution is 5.22. The molecule has 0 fully saturated rings. The van der Waals surface area contributed by atoms with E-state index < -0.39 is 11.6 Å². The minimum Gasteiger partial charge on any atom is -0.329 e. The van der Waals surface area contributed by atoms with Crippen molar-refractivity contribution in [1.29, 1.82) is 0 Å². The maximum atomic E-state index is 13.1. The zero-order valence-electron chi connectivity index (χ0n) is 9.87. The van der Waals surface area contributed by atoms with Crippen LogP contribution in [0.3, 0.4) is 0 Å². The van der Waals surface area contributed by atoms with Crippen molar-refractivity contribution in [3.05, 3.63) is 35.4 Å². The summed E-state index contributed by atoms with van der Waals surface area (Å²) in [6.07, 6.45) is 0. The first kappa shape index (κ1) is 13.1. The largest absolute Gasteiger partial charge is 0.329 e. The van der Waals surface area contributed by atoms with Crippen LogP contribution in [0.15, 0.2) is 18.2 Å². The van der Waals surface area contributed by atoms with Gasteiger partial charge in [-0.1, -0.05) is 0 Å². The Labute approximate surface area is 95.1 Å². The van der Waals surface area contributed by atoms with Gasteiger partial charge in [0.05, 0.1) is 0 Å². The van der Waals surface area contributed by atoms with Gasteiger partial charge in [0.25, 0.3) is 0 Å². The van der Waals surface area contributed by atoms with Gasteiger partial charge in [-0.2, -0.15) is 0 Å². The molecule has 1 unspecified atom stereocenters. The number of nitrogens with zero attached hydrogens (tertiary/aromatic N) is 1. The van der Waals surface area contributed by atoms with Crippen molar-refractivity contribution in [2.75, 3.05) is 13.6 Å². The lowest BCUT2D eigenvalue weighted by molar-refractivity contribution is 0.200. The van der Waals surface area contributed by atoms with Crippen LogP contribution in [0.2, 0.25) is 0 Å². The van der Waals surface area contributed by atoms with Crippen LogP contribution >= 0.6 is 0 Å². The minimum atomic E-state index is -0.564. The SMILES string of the molecule is CC(C)N(C)C(CN)c1cc(F)cc(F)c1. The van der Waals surface area contributed by atoms with E-state index in [1.54, 1.807) is 0 Å². The molecule has 0 aliphatic carbocycles. The van der Waals surface area contributed by atoms with Crippen LogP contribution in [0.4, 0.5) is 8.78 Å². The molecule has 2 N–H and O–H groups in total. The van der Waals surface area contributed by atoms with Gasteiger partial charge in [-0.3, -0.25) is 4.90 Å². The fraction of sp³-hybridized carbons (Fsp3) is 0.500. The second kappa shape index (κ2) is 5.37. The van der Waals surface area contributed by atoms with E-state index in [2.05, 4.69) is 0 Å². The molecule has 0 aliphatic heterocycles. The highest BCUT2D eigenvalue weighted by Crippen LogP contribution is 2.22. The highest BCUT2D eigenvalue weighted by atomic mass is 19.1. The number of halogens is 2. The molecule has 90 valence electrons. The summed E-state index contributed by atoms with van der Waals surface area (Å²) in [5.74, 6) is -1.13. The average molecular weight is 228 g/mol. The molecule has 1 atom stereocenters. The molecule has 0 spiro atoms. The third-order valence-electron chi connectivity index (χ3n) is 2.80. The molecular weight excluding hydrogens is 210 g/mol. The quantitative estimate of drug-likeness (QED) is 0.856. The Hall–Kier alpha value is -1.00. The maximum absolute atomic E-state index is 13.1. The second-order valence-corrected chi connectivity index (χ2v) is 4.21. The van der Waals surface area contributed by atoms with Gasteiger partial charge in [-0.05, 0) is 38.6 Å². The van der Waals surface area contributed by atoms with E-state index in [1.807, 2.05) is 25.8 Å². The smallest absolute Gasteiger partial charge is 0.126 e. The molecule has 1 aromatic carbocycles. The van der Waals surface area contributed by atoms with Crippen LogP contribution in [0.25, 0.3) is 0 Å². The molecule has 0 heterocycles. The lowest BCUT2D eigenvalue weighted by Crippen LogP contribution is -2.35. The third-order valence-corrected chi connectivity index (χ3v) is 2.80. The molecule has 0 aliphatic rings. The van der Waals surface area contributed by atoms with Gasteiger partial charge in [-0.15, -0.1) is 0 Å². The van der Waals surface area contributed by atoms with Gasteiger partial charge in [0.1, 0.15) is 11.6 Å². The Morgan fingerprint density at radius 1 is 1.19 bits per heavy atom. The summed E-state index contributed by atoms with van der Waals surface area (Å²) < 4.78 is 26.2. The van der Waals surface area contributed by atoms with E-state index in [0.29, 0.717) is 12.1 Å². The van der Waals surface area contributed by atoms with E-state index in [4.69, 9.17) is 5.73 Å². The Kier molecular flexibility index (Phi) is 4.38. The molecular formula is C12H18F2N2. The average Bonchev–Trinajstić information content (AvgIpc) is 2.16. The molecule has 0 bridgehead atoms. The molecule has 0 radical (unpaired) electrons. The van der Waals surface area contributed by atoms with Crippen molar-refractivity contribution >= 4 is 0 Å². The lowest BCUT2D eigenvalue weighted by atomic mass is 10.0. The van der Waals surface area contributed by atoms with Crippen molar-refractivity contribution < 1.29 is 8.78 Å². The first-order chi connectivity index (χ1) is 7.45. The Morgan fingerprint density at radius 3 is 2.06 bits per heavy atom. The van der Waals surface area contributed by atoms with Crippen LogP contribution < -0.4 is 5.73 Å². The summed E-state index contributed by atoms with van der Waals surface area (Å²) in [4.78, 5) is 1.99. The van der Waals surface area contributed by atoms with Crippen molar-refractivity contribution in [3.63, 3.8) is 0 Å². The van der Waals surface area contributed by atoms with Crippen LogP contribution in [0.5, 0.6) is 0 Å². The summed E-state index contributed by atoms with van der Waals surface area (Å²) in [5.41, 5.74) is 6.24. The topological polar surface area (TPSA) is 29.3 Å². The third kappa shape index (κ3) is 3.00. The molecule has 1 rings (SSSR count). The molecule has 0 saturated carbocycles. The summed E-state index contributed by atoms with van der Waals surface area (Å²) in [6.45, 7) is 4.36. The Bertz CT molecular complexity index is 333. The zero-order chi connectivity index (χ0) is 12.3. The maximum Gasteiger partial charge on any atom is 0.126 e. The van der Waals surface area contributed by atoms with Crippen LogP contribution in [0.1, 0.15) is 25.5 Å². The molecule has 4 heteroatoms. The predicted molar refractivity (Wildman–Crippen MR) is 61.1 cm³/mol. The fourth-order valence-corrected chi connectivity index (χ4v) is 1.66. The zero-order valence-corrected chi connectivity index (χ0v) is 9.87. The number of hydrogen-bond acceptors (Lipinski definition) is 2. The summed E-state index contributed by atoms with van der Waals surface area (Å²) in [5, 5.41) is 0. The van der Waals surface area contributed by atoms with Gasteiger partial charge in [0, 0.05) is 24.7 Å². The number of rotatable bonds is 4. The van der Waals surface area contributed by atoms with Gasteiger partial charge in [-0.25, -0.2) is 8.78 Å². The van der Waals surface area contributed by atoms with Crippen molar-refractivity contribution in [2.24, 2.45) is 5.73 Å². The van der Waals surface area contributed by atoms with E-state index >= 15 is 0 Å². The van der Waals surface area contributed by atoms with Crippen LogP contribution in [-0.2, 0) is 0 Å². The second-order valence-electron chi connectivity index (χ2n) is 4.21. The first-order valence-electron chi connectivity index (χ1n) is 5.33. The summed E-state index contributed by atoms with van der Waals surface area (Å²) >= 11 is 0. The molecule has 16 heavy (non-hydrogen) atoms. The number of likely N-dealkylation sites (N-methyl/N-ethyl adjacent to an activating group) is 1. The first-order valence-corrected chi connectivity index (χ1v) is 5.33. The fourth-order valence-electron chi connectivity index (χ4n) is 1.66.